The predicted octanol–water partition coefficient (Wildman–Crippen LogP) is 1.46. The van der Waals surface area contributed by atoms with Gasteiger partial charge in [-0.3, -0.25) is 9.36 Å². The maximum absolute atomic E-state index is 12.6. The minimum Gasteiger partial charge on any atom is -0.387 e. The van der Waals surface area contributed by atoms with Crippen molar-refractivity contribution in [3.63, 3.8) is 0 Å². The van der Waals surface area contributed by atoms with E-state index < -0.39 is 5.60 Å². The van der Waals surface area contributed by atoms with Gasteiger partial charge in [-0.05, 0) is 25.1 Å². The summed E-state index contributed by atoms with van der Waals surface area (Å²) in [5.41, 5.74) is 6.77. The number of rotatable bonds is 4. The molecule has 0 saturated carbocycles. The van der Waals surface area contributed by atoms with Crippen molar-refractivity contribution in [2.45, 2.75) is 39.0 Å². The van der Waals surface area contributed by atoms with Gasteiger partial charge in [0.25, 0.3) is 5.56 Å². The SMILES string of the molecule is CN1CCC(O)(Cn2cnc(-c3cccc(CN)c3)cc2=O)C(C)(C)C1. The van der Waals surface area contributed by atoms with Gasteiger partial charge in [-0.1, -0.05) is 32.0 Å². The lowest BCUT2D eigenvalue weighted by atomic mass is 9.70. The molecule has 1 aromatic heterocycles. The summed E-state index contributed by atoms with van der Waals surface area (Å²) in [6.07, 6.45) is 2.17. The number of piperidine rings is 1. The number of benzene rings is 1. The van der Waals surface area contributed by atoms with E-state index in [1.54, 1.807) is 6.33 Å². The Morgan fingerprint density at radius 2 is 2.08 bits per heavy atom. The number of likely N-dealkylation sites (tertiary alicyclic amines) is 1. The summed E-state index contributed by atoms with van der Waals surface area (Å²) in [6, 6.07) is 9.25. The number of hydrogen-bond donors (Lipinski definition) is 2. The van der Waals surface area contributed by atoms with Gasteiger partial charge in [0.05, 0.1) is 24.2 Å². The van der Waals surface area contributed by atoms with Crippen LogP contribution in [0, 0.1) is 5.41 Å². The summed E-state index contributed by atoms with van der Waals surface area (Å²) < 4.78 is 1.52. The number of hydrogen-bond acceptors (Lipinski definition) is 5. The summed E-state index contributed by atoms with van der Waals surface area (Å²) in [5.74, 6) is 0. The quantitative estimate of drug-likeness (QED) is 0.866. The van der Waals surface area contributed by atoms with Crippen molar-refractivity contribution in [3.05, 3.63) is 52.6 Å². The summed E-state index contributed by atoms with van der Waals surface area (Å²) in [5, 5.41) is 11.2. The second kappa shape index (κ2) is 6.95. The van der Waals surface area contributed by atoms with Crippen LogP contribution in [0.1, 0.15) is 25.8 Å². The number of nitrogens with two attached hydrogens (primary N) is 1. The molecule has 0 aliphatic carbocycles. The van der Waals surface area contributed by atoms with Crippen molar-refractivity contribution >= 4 is 0 Å². The Hall–Kier alpha value is -2.02. The van der Waals surface area contributed by atoms with E-state index in [2.05, 4.69) is 16.9 Å². The molecule has 0 bridgehead atoms. The highest BCUT2D eigenvalue weighted by molar-refractivity contribution is 5.59. The molecule has 140 valence electrons. The van der Waals surface area contributed by atoms with Gasteiger partial charge in [-0.15, -0.1) is 0 Å². The first kappa shape index (κ1) is 18.8. The van der Waals surface area contributed by atoms with Gasteiger partial charge in [0, 0.05) is 36.7 Å². The van der Waals surface area contributed by atoms with E-state index in [1.807, 2.05) is 38.1 Å². The molecule has 0 radical (unpaired) electrons. The van der Waals surface area contributed by atoms with Gasteiger partial charge in [0.2, 0.25) is 0 Å². The van der Waals surface area contributed by atoms with Crippen molar-refractivity contribution in [1.82, 2.24) is 14.5 Å². The second-order valence-corrected chi connectivity index (χ2v) is 8.05. The second-order valence-electron chi connectivity index (χ2n) is 8.05. The van der Waals surface area contributed by atoms with E-state index in [0.717, 1.165) is 24.2 Å². The summed E-state index contributed by atoms with van der Waals surface area (Å²) >= 11 is 0. The van der Waals surface area contributed by atoms with Crippen LogP contribution >= 0.6 is 0 Å². The molecule has 26 heavy (non-hydrogen) atoms. The molecule has 6 nitrogen and oxygen atoms in total. The molecule has 2 heterocycles. The van der Waals surface area contributed by atoms with Crippen LogP contribution in [0.4, 0.5) is 0 Å². The fourth-order valence-electron chi connectivity index (χ4n) is 3.75. The average Bonchev–Trinajstić information content (AvgIpc) is 2.60. The first-order chi connectivity index (χ1) is 12.2. The molecular weight excluding hydrogens is 328 g/mol. The number of aromatic nitrogens is 2. The van der Waals surface area contributed by atoms with Crippen LogP contribution in [0.15, 0.2) is 41.5 Å². The molecule has 1 aromatic carbocycles. The molecule has 1 atom stereocenters. The van der Waals surface area contributed by atoms with Crippen LogP contribution in [-0.4, -0.2) is 45.3 Å². The summed E-state index contributed by atoms with van der Waals surface area (Å²) in [7, 11) is 2.05. The molecule has 1 fully saturated rings. The molecule has 1 aliphatic rings. The van der Waals surface area contributed by atoms with Gasteiger partial charge in [-0.25, -0.2) is 4.98 Å². The van der Waals surface area contributed by atoms with Crippen LogP contribution in [0.5, 0.6) is 0 Å². The maximum Gasteiger partial charge on any atom is 0.253 e. The van der Waals surface area contributed by atoms with Gasteiger partial charge < -0.3 is 15.7 Å². The number of nitrogens with zero attached hydrogens (tertiary/aromatic N) is 3. The number of aliphatic hydroxyl groups is 1. The molecule has 1 unspecified atom stereocenters. The zero-order valence-electron chi connectivity index (χ0n) is 15.8. The van der Waals surface area contributed by atoms with Crippen LogP contribution < -0.4 is 11.3 Å². The highest BCUT2D eigenvalue weighted by Crippen LogP contribution is 2.39. The Morgan fingerprint density at radius 1 is 1.31 bits per heavy atom. The van der Waals surface area contributed by atoms with Crippen molar-refractivity contribution in [2.24, 2.45) is 11.1 Å². The third-order valence-corrected chi connectivity index (χ3v) is 5.60. The molecule has 1 aliphatic heterocycles. The van der Waals surface area contributed by atoms with Gasteiger partial charge in [0.1, 0.15) is 0 Å². The van der Waals surface area contributed by atoms with Gasteiger partial charge in [-0.2, -0.15) is 0 Å². The molecule has 1 saturated heterocycles. The topological polar surface area (TPSA) is 84.4 Å². The Kier molecular flexibility index (Phi) is 5.01. The lowest BCUT2D eigenvalue weighted by Gasteiger charge is -2.49. The third kappa shape index (κ3) is 3.58. The monoisotopic (exact) mass is 356 g/mol. The van der Waals surface area contributed by atoms with Gasteiger partial charge >= 0.3 is 0 Å². The first-order valence-corrected chi connectivity index (χ1v) is 9.01. The third-order valence-electron chi connectivity index (χ3n) is 5.60. The zero-order valence-corrected chi connectivity index (χ0v) is 15.8. The molecule has 0 spiro atoms. The first-order valence-electron chi connectivity index (χ1n) is 9.01. The normalized spacial score (nSPS) is 23.1. The Balaban J connectivity index is 1.87. The minimum atomic E-state index is -0.938. The lowest BCUT2D eigenvalue weighted by molar-refractivity contribution is -0.124. The fourth-order valence-corrected chi connectivity index (χ4v) is 3.75. The van der Waals surface area contributed by atoms with E-state index >= 15 is 0 Å². The van der Waals surface area contributed by atoms with E-state index in [0.29, 0.717) is 18.7 Å². The predicted molar refractivity (Wildman–Crippen MR) is 103 cm³/mol. The average molecular weight is 356 g/mol. The molecule has 6 heteroatoms. The highest BCUT2D eigenvalue weighted by atomic mass is 16.3. The van der Waals surface area contributed by atoms with Crippen molar-refractivity contribution in [2.75, 3.05) is 20.1 Å². The van der Waals surface area contributed by atoms with E-state index in [9.17, 15) is 9.90 Å². The van der Waals surface area contributed by atoms with Crippen molar-refractivity contribution in [1.29, 1.82) is 0 Å². The summed E-state index contributed by atoms with van der Waals surface area (Å²) in [6.45, 7) is 6.40. The molecule has 0 amide bonds. The largest absolute Gasteiger partial charge is 0.387 e. The highest BCUT2D eigenvalue weighted by Gasteiger charge is 2.47. The van der Waals surface area contributed by atoms with E-state index in [4.69, 9.17) is 5.73 Å². The maximum atomic E-state index is 12.6. The Bertz CT molecular complexity index is 846. The Morgan fingerprint density at radius 3 is 2.73 bits per heavy atom. The molecule has 3 rings (SSSR count). The van der Waals surface area contributed by atoms with E-state index in [1.165, 1.54) is 10.6 Å². The standard InChI is InChI=1S/C20H28N4O2/c1-19(2)12-23(3)8-7-20(19,26)13-24-14-22-17(10-18(24)25)16-6-4-5-15(9-16)11-21/h4-6,9-10,14,26H,7-8,11-13,21H2,1-3H3. The van der Waals surface area contributed by atoms with Gasteiger partial charge in [0.15, 0.2) is 0 Å². The fraction of sp³-hybridized carbons (Fsp3) is 0.500. The van der Waals surface area contributed by atoms with Crippen molar-refractivity contribution in [3.8, 4) is 11.3 Å². The lowest BCUT2D eigenvalue weighted by Crippen LogP contribution is -2.59. The Labute approximate surface area is 154 Å². The van der Waals surface area contributed by atoms with Crippen LogP contribution in [0.3, 0.4) is 0 Å². The van der Waals surface area contributed by atoms with Crippen LogP contribution in [-0.2, 0) is 13.1 Å². The van der Waals surface area contributed by atoms with Crippen LogP contribution in [0.2, 0.25) is 0 Å². The zero-order chi connectivity index (χ0) is 18.9. The van der Waals surface area contributed by atoms with Crippen LogP contribution in [0.25, 0.3) is 11.3 Å². The van der Waals surface area contributed by atoms with E-state index in [-0.39, 0.29) is 17.5 Å². The van der Waals surface area contributed by atoms with Crippen molar-refractivity contribution < 1.29 is 5.11 Å². The minimum absolute atomic E-state index is 0.156. The molecular formula is C20H28N4O2. The molecule has 3 N–H and O–H groups in total. The molecule has 2 aromatic rings. The summed E-state index contributed by atoms with van der Waals surface area (Å²) in [4.78, 5) is 19.3. The smallest absolute Gasteiger partial charge is 0.253 e.